The number of hydrogen-bond acceptors (Lipinski definition) is 4. The summed E-state index contributed by atoms with van der Waals surface area (Å²) >= 11 is 0. The maximum Gasteiger partial charge on any atom is 0.350 e. The molecule has 112 valence electrons. The number of nitrogens with two attached hydrogens (primary N) is 1. The largest absolute Gasteiger partial charge is 0.350 e. The van der Waals surface area contributed by atoms with E-state index in [1.807, 2.05) is 11.0 Å². The van der Waals surface area contributed by atoms with E-state index in [1.165, 1.54) is 9.08 Å². The van der Waals surface area contributed by atoms with Crippen LogP contribution < -0.4 is 11.4 Å². The van der Waals surface area contributed by atoms with Gasteiger partial charge in [-0.3, -0.25) is 9.20 Å². The molecule has 0 aliphatic carbocycles. The minimum absolute atomic E-state index is 0.0481. The van der Waals surface area contributed by atoms with Gasteiger partial charge < -0.3 is 10.6 Å². The van der Waals surface area contributed by atoms with Gasteiger partial charge in [-0.25, -0.2) is 9.48 Å². The summed E-state index contributed by atoms with van der Waals surface area (Å²) in [7, 11) is 0. The predicted molar refractivity (Wildman–Crippen MR) is 77.9 cm³/mol. The fourth-order valence-corrected chi connectivity index (χ4v) is 2.87. The summed E-state index contributed by atoms with van der Waals surface area (Å²) in [4.78, 5) is 26.2. The van der Waals surface area contributed by atoms with Crippen molar-refractivity contribution in [2.45, 2.75) is 31.8 Å². The highest BCUT2D eigenvalue weighted by atomic mass is 16.2. The zero-order chi connectivity index (χ0) is 14.8. The van der Waals surface area contributed by atoms with Crippen LogP contribution in [0.3, 0.4) is 0 Å². The van der Waals surface area contributed by atoms with E-state index in [4.69, 9.17) is 5.73 Å². The van der Waals surface area contributed by atoms with E-state index in [2.05, 4.69) is 5.10 Å². The third-order valence-electron chi connectivity index (χ3n) is 4.00. The average Bonchev–Trinajstić information content (AvgIpc) is 3.10. The van der Waals surface area contributed by atoms with Crippen molar-refractivity contribution in [2.24, 2.45) is 5.73 Å². The number of nitrogens with zero attached hydrogens (tertiary/aromatic N) is 4. The first-order valence-electron chi connectivity index (χ1n) is 7.24. The molecule has 0 spiro atoms. The average molecular weight is 289 g/mol. The molecule has 2 aromatic rings. The van der Waals surface area contributed by atoms with E-state index >= 15 is 0 Å². The molecule has 2 aromatic heterocycles. The molecule has 3 heterocycles. The highest BCUT2D eigenvalue weighted by Gasteiger charge is 2.27. The summed E-state index contributed by atoms with van der Waals surface area (Å²) in [6.45, 7) is 1.56. The van der Waals surface area contributed by atoms with Gasteiger partial charge in [0.15, 0.2) is 5.65 Å². The molecular weight excluding hydrogens is 270 g/mol. The number of carbonyl (C=O) groups is 1. The number of hydrogen-bond donors (Lipinski definition) is 1. The third-order valence-corrected chi connectivity index (χ3v) is 4.00. The summed E-state index contributed by atoms with van der Waals surface area (Å²) < 4.78 is 2.82. The van der Waals surface area contributed by atoms with Gasteiger partial charge in [-0.15, -0.1) is 5.10 Å². The van der Waals surface area contributed by atoms with Gasteiger partial charge in [0.05, 0.1) is 6.54 Å². The lowest BCUT2D eigenvalue weighted by Crippen LogP contribution is -2.40. The molecule has 1 atom stereocenters. The quantitative estimate of drug-likeness (QED) is 0.847. The van der Waals surface area contributed by atoms with Crippen molar-refractivity contribution in [3.05, 3.63) is 34.9 Å². The molecule has 1 fully saturated rings. The van der Waals surface area contributed by atoms with Crippen LogP contribution >= 0.6 is 0 Å². The maximum absolute atomic E-state index is 12.2. The van der Waals surface area contributed by atoms with Crippen LogP contribution in [0.25, 0.3) is 5.65 Å². The van der Waals surface area contributed by atoms with Gasteiger partial charge in [-0.05, 0) is 25.0 Å². The third kappa shape index (κ3) is 2.56. The molecule has 1 aliphatic heterocycles. The van der Waals surface area contributed by atoms with Gasteiger partial charge >= 0.3 is 5.69 Å². The van der Waals surface area contributed by atoms with Crippen LogP contribution in [0.2, 0.25) is 0 Å². The summed E-state index contributed by atoms with van der Waals surface area (Å²) in [6.07, 6.45) is 3.92. The smallest absolute Gasteiger partial charge is 0.338 e. The first-order valence-corrected chi connectivity index (χ1v) is 7.24. The highest BCUT2D eigenvalue weighted by molar-refractivity contribution is 5.76. The molecule has 21 heavy (non-hydrogen) atoms. The summed E-state index contributed by atoms with van der Waals surface area (Å²) in [6, 6.07) is 5.52. The zero-order valence-electron chi connectivity index (χ0n) is 11.8. The fourth-order valence-electron chi connectivity index (χ4n) is 2.87. The topological polar surface area (TPSA) is 85.6 Å². The van der Waals surface area contributed by atoms with E-state index in [0.717, 1.165) is 19.4 Å². The zero-order valence-corrected chi connectivity index (χ0v) is 11.8. The summed E-state index contributed by atoms with van der Waals surface area (Å²) in [5.74, 6) is 0.0481. The Hall–Kier alpha value is -2.15. The second kappa shape index (κ2) is 5.69. The number of carbonyl (C=O) groups excluding carboxylic acids is 1. The first-order chi connectivity index (χ1) is 10.2. The number of rotatable bonds is 4. The van der Waals surface area contributed by atoms with Crippen LogP contribution in [0.4, 0.5) is 0 Å². The van der Waals surface area contributed by atoms with Gasteiger partial charge in [0.1, 0.15) is 0 Å². The van der Waals surface area contributed by atoms with Crippen molar-refractivity contribution >= 4 is 11.6 Å². The first kappa shape index (κ1) is 13.8. The molecule has 1 aliphatic rings. The number of fused-ring (bicyclic) bond motifs is 1. The van der Waals surface area contributed by atoms with Crippen molar-refractivity contribution in [3.8, 4) is 0 Å². The monoisotopic (exact) mass is 289 g/mol. The van der Waals surface area contributed by atoms with E-state index in [-0.39, 0.29) is 24.1 Å². The van der Waals surface area contributed by atoms with Crippen molar-refractivity contribution in [2.75, 3.05) is 13.1 Å². The number of aryl methyl sites for hydroxylation is 1. The number of pyridine rings is 1. The van der Waals surface area contributed by atoms with Crippen molar-refractivity contribution in [3.63, 3.8) is 0 Å². The van der Waals surface area contributed by atoms with E-state index < -0.39 is 0 Å². The molecule has 0 radical (unpaired) electrons. The Kier molecular flexibility index (Phi) is 3.74. The Balaban J connectivity index is 1.70. The van der Waals surface area contributed by atoms with E-state index in [0.29, 0.717) is 18.7 Å². The molecule has 7 heteroatoms. The van der Waals surface area contributed by atoms with Crippen molar-refractivity contribution in [1.29, 1.82) is 0 Å². The maximum atomic E-state index is 12.2. The lowest BCUT2D eigenvalue weighted by atomic mass is 10.2. The van der Waals surface area contributed by atoms with Crippen LogP contribution in [-0.2, 0) is 11.3 Å². The van der Waals surface area contributed by atoms with Gasteiger partial charge in [0, 0.05) is 31.7 Å². The van der Waals surface area contributed by atoms with Gasteiger partial charge in [-0.1, -0.05) is 6.07 Å². The molecule has 1 amide bonds. The Labute approximate surface area is 122 Å². The van der Waals surface area contributed by atoms with E-state index in [1.54, 1.807) is 18.3 Å². The highest BCUT2D eigenvalue weighted by Crippen LogP contribution is 2.17. The second-order valence-corrected chi connectivity index (χ2v) is 5.30. The van der Waals surface area contributed by atoms with Gasteiger partial charge in [0.2, 0.25) is 5.91 Å². The van der Waals surface area contributed by atoms with Gasteiger partial charge in [-0.2, -0.15) is 0 Å². The Morgan fingerprint density at radius 3 is 3.05 bits per heavy atom. The lowest BCUT2D eigenvalue weighted by Gasteiger charge is -2.23. The minimum Gasteiger partial charge on any atom is -0.338 e. The van der Waals surface area contributed by atoms with E-state index in [9.17, 15) is 9.59 Å². The predicted octanol–water partition coefficient (Wildman–Crippen LogP) is -0.164. The number of amides is 1. The molecular formula is C14H19N5O2. The molecule has 0 aromatic carbocycles. The number of aromatic nitrogens is 3. The molecule has 1 unspecified atom stereocenters. The summed E-state index contributed by atoms with van der Waals surface area (Å²) in [5, 5.41) is 4.22. The normalized spacial score (nSPS) is 18.5. The van der Waals surface area contributed by atoms with Crippen LogP contribution in [0.1, 0.15) is 19.3 Å². The van der Waals surface area contributed by atoms with Crippen LogP contribution in [0.5, 0.6) is 0 Å². The lowest BCUT2D eigenvalue weighted by molar-refractivity contribution is -0.132. The van der Waals surface area contributed by atoms with Crippen molar-refractivity contribution in [1.82, 2.24) is 19.1 Å². The standard InChI is InChI=1S/C14H19N5O2/c15-10-11-4-3-8-17(11)13(20)6-9-19-14(21)18-7-2-1-5-12(18)16-19/h1-2,5,7,11H,3-4,6,8-10,15H2. The minimum atomic E-state index is -0.213. The molecule has 0 saturated carbocycles. The molecule has 7 nitrogen and oxygen atoms in total. The number of likely N-dealkylation sites (tertiary alicyclic amines) is 1. The molecule has 0 bridgehead atoms. The Morgan fingerprint density at radius 2 is 2.29 bits per heavy atom. The Morgan fingerprint density at radius 1 is 1.43 bits per heavy atom. The molecule has 2 N–H and O–H groups in total. The fraction of sp³-hybridized carbons (Fsp3) is 0.500. The SMILES string of the molecule is NCC1CCCN1C(=O)CCn1nc2ccccn2c1=O. The van der Waals surface area contributed by atoms with Crippen LogP contribution in [0, 0.1) is 0 Å². The molecule has 1 saturated heterocycles. The molecule has 3 rings (SSSR count). The van der Waals surface area contributed by atoms with Crippen LogP contribution in [-0.4, -0.2) is 44.1 Å². The second-order valence-electron chi connectivity index (χ2n) is 5.30. The van der Waals surface area contributed by atoms with Crippen LogP contribution in [0.15, 0.2) is 29.2 Å². The Bertz CT molecular complexity index is 705. The van der Waals surface area contributed by atoms with Crippen molar-refractivity contribution < 1.29 is 4.79 Å². The van der Waals surface area contributed by atoms with Gasteiger partial charge in [0.25, 0.3) is 0 Å². The summed E-state index contributed by atoms with van der Waals surface area (Å²) in [5.41, 5.74) is 6.06.